The third kappa shape index (κ3) is 6.79. The third-order valence-electron chi connectivity index (χ3n) is 8.39. The maximum Gasteiger partial charge on any atom is 0.415 e. The maximum atomic E-state index is 13.8. The lowest BCUT2D eigenvalue weighted by Gasteiger charge is -2.34. The number of imidazole rings is 2. The number of nitrogens with one attached hydrogen (secondary N) is 1. The molecule has 0 spiro atoms. The number of alkyl halides is 3. The lowest BCUT2D eigenvalue weighted by Crippen LogP contribution is -2.44. The zero-order valence-electron chi connectivity index (χ0n) is 26.0. The molecule has 252 valence electrons. The molecule has 16 heteroatoms. The van der Waals surface area contributed by atoms with E-state index in [1.54, 1.807) is 71.6 Å². The second-order valence-electron chi connectivity index (χ2n) is 11.7. The summed E-state index contributed by atoms with van der Waals surface area (Å²) in [7, 11) is 0. The molecule has 11 nitrogen and oxygen atoms in total. The zero-order valence-corrected chi connectivity index (χ0v) is 26.8. The van der Waals surface area contributed by atoms with Gasteiger partial charge in [-0.15, -0.1) is 11.3 Å². The molecule has 1 aliphatic heterocycles. The normalized spacial score (nSPS) is 15.1. The molecule has 49 heavy (non-hydrogen) atoms. The number of likely N-dealkylation sites (tertiary alicyclic amines) is 1. The number of thiazole rings is 1. The number of carbonyl (C=O) groups is 1. The third-order valence-corrected chi connectivity index (χ3v) is 9.59. The van der Waals surface area contributed by atoms with E-state index in [1.165, 1.54) is 23.5 Å². The molecule has 0 saturated carbocycles. The Balaban J connectivity index is 1.16. The minimum atomic E-state index is -4.68. The van der Waals surface area contributed by atoms with E-state index in [-0.39, 0.29) is 17.8 Å². The van der Waals surface area contributed by atoms with E-state index in [9.17, 15) is 27.5 Å². The van der Waals surface area contributed by atoms with Crippen molar-refractivity contribution in [1.29, 1.82) is 0 Å². The molecule has 2 N–H and O–H groups in total. The van der Waals surface area contributed by atoms with Crippen LogP contribution in [0, 0.1) is 12.7 Å². The first-order valence-electron chi connectivity index (χ1n) is 15.4. The second kappa shape index (κ2) is 13.1. The van der Waals surface area contributed by atoms with Gasteiger partial charge < -0.3 is 19.9 Å². The number of β-amino-alcohol motifs (C(OH)–C–C–N with tert-alkyl or cyclic N) is 1. The molecule has 5 aromatic heterocycles. The lowest BCUT2D eigenvalue weighted by molar-refractivity contribution is -0.208. The van der Waals surface area contributed by atoms with Gasteiger partial charge >= 0.3 is 6.18 Å². The van der Waals surface area contributed by atoms with Gasteiger partial charge in [0, 0.05) is 49.2 Å². The molecule has 1 saturated heterocycles. The van der Waals surface area contributed by atoms with Crippen molar-refractivity contribution in [2.45, 2.75) is 38.1 Å². The van der Waals surface area contributed by atoms with Gasteiger partial charge in [0.2, 0.25) is 0 Å². The summed E-state index contributed by atoms with van der Waals surface area (Å²) in [6, 6.07) is 13.0. The van der Waals surface area contributed by atoms with Crippen LogP contribution < -0.4 is 5.32 Å². The quantitative estimate of drug-likeness (QED) is 0.185. The lowest BCUT2D eigenvalue weighted by atomic mass is 10.0. The fraction of sp³-hybridized carbons (Fsp3) is 0.273. The predicted molar refractivity (Wildman–Crippen MR) is 174 cm³/mol. The monoisotopic (exact) mass is 691 g/mol. The number of aryl methyl sites for hydroxylation is 1. The fourth-order valence-corrected chi connectivity index (χ4v) is 6.85. The molecular weight excluding hydrogens is 662 g/mol. The van der Waals surface area contributed by atoms with E-state index in [0.29, 0.717) is 69.8 Å². The smallest absolute Gasteiger partial charge is 0.382 e. The molecule has 0 bridgehead atoms. The van der Waals surface area contributed by atoms with Gasteiger partial charge in [0.1, 0.15) is 21.4 Å². The van der Waals surface area contributed by atoms with Gasteiger partial charge in [-0.1, -0.05) is 0 Å². The Morgan fingerprint density at radius 1 is 1.08 bits per heavy atom. The molecule has 1 atom stereocenters. The Morgan fingerprint density at radius 3 is 2.57 bits per heavy atom. The molecule has 6 aromatic rings. The number of carbonyl (C=O) groups excluding carboxylic acids is 1. The Labute approximate surface area is 280 Å². The van der Waals surface area contributed by atoms with Gasteiger partial charge in [0.25, 0.3) is 5.91 Å². The first-order chi connectivity index (χ1) is 23.5. The van der Waals surface area contributed by atoms with Gasteiger partial charge in [0.15, 0.2) is 17.6 Å². The minimum absolute atomic E-state index is 0.120. The van der Waals surface area contributed by atoms with Crippen LogP contribution in [-0.4, -0.2) is 81.9 Å². The number of aliphatic hydroxyl groups excluding tert-OH is 1. The van der Waals surface area contributed by atoms with Crippen molar-refractivity contribution >= 4 is 28.7 Å². The highest BCUT2D eigenvalue weighted by molar-refractivity contribution is 7.17. The molecule has 1 aliphatic rings. The predicted octanol–water partition coefficient (Wildman–Crippen LogP) is 6.04. The number of hydrogen-bond donors (Lipinski definition) is 2. The summed E-state index contributed by atoms with van der Waals surface area (Å²) in [5.41, 5.74) is 4.24. The summed E-state index contributed by atoms with van der Waals surface area (Å²) < 4.78 is 56.2. The average Bonchev–Trinajstić information content (AvgIpc) is 3.81. The molecule has 6 heterocycles. The summed E-state index contributed by atoms with van der Waals surface area (Å²) >= 11 is 1.25. The van der Waals surface area contributed by atoms with Gasteiger partial charge in [0.05, 0.1) is 29.6 Å². The average molecular weight is 692 g/mol. The van der Waals surface area contributed by atoms with Crippen LogP contribution in [0.5, 0.6) is 0 Å². The summed E-state index contributed by atoms with van der Waals surface area (Å²) in [6.07, 6.45) is 0.557. The molecule has 1 unspecified atom stereocenters. The number of fused-ring (bicyclic) bond motifs is 1. The van der Waals surface area contributed by atoms with Gasteiger partial charge in [-0.25, -0.2) is 23.9 Å². The fourth-order valence-electron chi connectivity index (χ4n) is 5.90. The van der Waals surface area contributed by atoms with Crippen LogP contribution in [0.4, 0.5) is 23.4 Å². The Hall–Kier alpha value is -5.06. The highest BCUT2D eigenvalue weighted by Gasteiger charge is 2.39. The van der Waals surface area contributed by atoms with Gasteiger partial charge in [-0.05, 0) is 68.3 Å². The summed E-state index contributed by atoms with van der Waals surface area (Å²) in [5, 5.41) is 17.9. The Bertz CT molecular complexity index is 2100. The largest absolute Gasteiger partial charge is 0.415 e. The number of benzene rings is 1. The van der Waals surface area contributed by atoms with Crippen LogP contribution in [0.3, 0.4) is 0 Å². The first-order valence-corrected chi connectivity index (χ1v) is 16.2. The highest BCUT2D eigenvalue weighted by atomic mass is 32.1. The van der Waals surface area contributed by atoms with E-state index in [1.807, 2.05) is 10.6 Å². The van der Waals surface area contributed by atoms with Crippen molar-refractivity contribution in [2.24, 2.45) is 0 Å². The number of rotatable bonds is 8. The van der Waals surface area contributed by atoms with Crippen LogP contribution in [0.2, 0.25) is 0 Å². The van der Waals surface area contributed by atoms with Crippen molar-refractivity contribution in [2.75, 3.05) is 25.0 Å². The second-order valence-corrected chi connectivity index (χ2v) is 12.7. The number of halogens is 4. The molecular formula is C33H29F4N9O2S. The molecule has 0 radical (unpaired) electrons. The van der Waals surface area contributed by atoms with Crippen LogP contribution in [0.25, 0.3) is 38.9 Å². The van der Waals surface area contributed by atoms with E-state index in [4.69, 9.17) is 5.10 Å². The number of amides is 1. The van der Waals surface area contributed by atoms with Crippen LogP contribution in [0.15, 0.2) is 73.4 Å². The molecule has 0 aliphatic carbocycles. The minimum Gasteiger partial charge on any atom is -0.382 e. The van der Waals surface area contributed by atoms with Crippen LogP contribution in [-0.2, 0) is 0 Å². The summed E-state index contributed by atoms with van der Waals surface area (Å²) in [6.45, 7) is 1.97. The maximum absolute atomic E-state index is 13.8. The van der Waals surface area contributed by atoms with E-state index in [2.05, 4.69) is 25.3 Å². The van der Waals surface area contributed by atoms with Crippen LogP contribution in [0.1, 0.15) is 34.2 Å². The van der Waals surface area contributed by atoms with E-state index < -0.39 is 24.6 Å². The molecule has 1 aromatic carbocycles. The molecule has 7 rings (SSSR count). The van der Waals surface area contributed by atoms with Crippen molar-refractivity contribution < 1.29 is 27.5 Å². The number of aromatic nitrogens is 7. The number of anilines is 1. The topological polar surface area (TPSA) is 126 Å². The van der Waals surface area contributed by atoms with Crippen LogP contribution >= 0.6 is 11.3 Å². The number of pyridine rings is 1. The number of nitrogens with zero attached hydrogens (tertiary/aromatic N) is 8. The molecule has 1 fully saturated rings. The van der Waals surface area contributed by atoms with Crippen molar-refractivity contribution in [3.8, 4) is 33.2 Å². The summed E-state index contributed by atoms with van der Waals surface area (Å²) in [4.78, 5) is 33.1. The van der Waals surface area contributed by atoms with Gasteiger partial charge in [-0.2, -0.15) is 18.3 Å². The highest BCUT2D eigenvalue weighted by Crippen LogP contribution is 2.36. The van der Waals surface area contributed by atoms with E-state index in [0.717, 1.165) is 5.56 Å². The summed E-state index contributed by atoms with van der Waals surface area (Å²) in [5.74, 6) is -0.474. The number of piperidine rings is 1. The number of aliphatic hydroxyl groups is 1. The number of hydrogen-bond acceptors (Lipinski definition) is 9. The van der Waals surface area contributed by atoms with Crippen molar-refractivity contribution in [3.05, 3.63) is 89.8 Å². The Morgan fingerprint density at radius 2 is 1.86 bits per heavy atom. The van der Waals surface area contributed by atoms with Crippen molar-refractivity contribution in [1.82, 2.24) is 39.0 Å². The standard InChI is InChI=1S/C33H29F4N9O2S/c1-19-30(49-32(40-19)21-3-2-12-38-15-21)31(48)42-26-17-46-27(41-26)9-8-24(43-46)29-28(20-4-6-22(34)7-5-20)39-18-45(29)23-10-13-44(14-11-23)16-25(47)33(35,36)37/h2-9,12,15,17-18,23,25,47H,10-11,13-14,16H2,1H3,(H,42,48). The zero-order chi connectivity index (χ0) is 34.3. The SMILES string of the molecule is Cc1nc(-c2cccnc2)sc1C(=O)Nc1cn2nc(-c3c(-c4ccc(F)cc4)ncn3C3CCN(CC(O)C(F)(F)F)CC3)ccc2n1. The first kappa shape index (κ1) is 32.5. The molecule has 1 amide bonds. The van der Waals surface area contributed by atoms with Crippen molar-refractivity contribution in [3.63, 3.8) is 0 Å². The van der Waals surface area contributed by atoms with Gasteiger partial charge in [-0.3, -0.25) is 9.78 Å². The van der Waals surface area contributed by atoms with E-state index >= 15 is 0 Å². The Kier molecular flexibility index (Phi) is 8.68.